The van der Waals surface area contributed by atoms with Crippen LogP contribution in [0.25, 0.3) is 0 Å². The van der Waals surface area contributed by atoms with Gasteiger partial charge in [-0.25, -0.2) is 9.80 Å². The lowest BCUT2D eigenvalue weighted by Gasteiger charge is -2.19. The molecular weight excluding hydrogens is 220 g/mol. The molecule has 5 heteroatoms. The van der Waals surface area contributed by atoms with E-state index in [1.165, 1.54) is 5.01 Å². The molecule has 0 spiro atoms. The normalized spacial score (nSPS) is 10.1. The van der Waals surface area contributed by atoms with E-state index in [0.29, 0.717) is 17.9 Å². The van der Waals surface area contributed by atoms with Crippen LogP contribution >= 0.6 is 0 Å². The smallest absolute Gasteiger partial charge is 0.338 e. The molecule has 17 heavy (non-hydrogen) atoms. The summed E-state index contributed by atoms with van der Waals surface area (Å²) in [7, 11) is 0. The molecule has 0 amide bonds. The molecule has 0 aromatic heterocycles. The van der Waals surface area contributed by atoms with E-state index in [1.807, 2.05) is 13.8 Å². The lowest BCUT2D eigenvalue weighted by atomic mass is 10.2. The van der Waals surface area contributed by atoms with Gasteiger partial charge in [0, 0.05) is 0 Å². The largest absolute Gasteiger partial charge is 0.462 e. The van der Waals surface area contributed by atoms with E-state index in [-0.39, 0.29) is 12.0 Å². The van der Waals surface area contributed by atoms with Gasteiger partial charge in [0.25, 0.3) is 0 Å². The molecule has 5 nitrogen and oxygen atoms in total. The molecule has 0 aliphatic rings. The molecule has 0 aliphatic heterocycles. The summed E-state index contributed by atoms with van der Waals surface area (Å²) in [5.74, 6) is -0.366. The molecule has 0 radical (unpaired) electrons. The van der Waals surface area contributed by atoms with E-state index in [2.05, 4.69) is 5.29 Å². The molecule has 0 saturated carbocycles. The zero-order valence-electron chi connectivity index (χ0n) is 10.2. The highest BCUT2D eigenvalue weighted by Crippen LogP contribution is 2.18. The Bertz CT molecular complexity index is 387. The Morgan fingerprint density at radius 2 is 1.94 bits per heavy atom. The second-order valence-electron chi connectivity index (χ2n) is 3.79. The Morgan fingerprint density at radius 3 is 2.35 bits per heavy atom. The van der Waals surface area contributed by atoms with E-state index >= 15 is 0 Å². The van der Waals surface area contributed by atoms with Crippen LogP contribution in [0.15, 0.2) is 29.6 Å². The monoisotopic (exact) mass is 236 g/mol. The van der Waals surface area contributed by atoms with Gasteiger partial charge in [0.05, 0.1) is 29.2 Å². The maximum absolute atomic E-state index is 11.4. The third-order valence-corrected chi connectivity index (χ3v) is 2.22. The fourth-order valence-corrected chi connectivity index (χ4v) is 1.40. The molecule has 0 N–H and O–H groups in total. The SMILES string of the molecule is CCOC(=O)c1ccc(N(N=O)C(C)C)cc1. The number of benzene rings is 1. The summed E-state index contributed by atoms with van der Waals surface area (Å²) in [4.78, 5) is 22.1. The average molecular weight is 236 g/mol. The fourth-order valence-electron chi connectivity index (χ4n) is 1.40. The van der Waals surface area contributed by atoms with Gasteiger partial charge in [-0.1, -0.05) is 0 Å². The lowest BCUT2D eigenvalue weighted by molar-refractivity contribution is 0.0526. The molecule has 0 atom stereocenters. The number of esters is 1. The summed E-state index contributed by atoms with van der Waals surface area (Å²) < 4.78 is 4.86. The Labute approximate surface area is 100 Å². The average Bonchev–Trinajstić information content (AvgIpc) is 2.30. The van der Waals surface area contributed by atoms with Crippen LogP contribution in [0.1, 0.15) is 31.1 Å². The van der Waals surface area contributed by atoms with E-state index in [9.17, 15) is 9.70 Å². The second-order valence-corrected chi connectivity index (χ2v) is 3.79. The molecule has 0 saturated heterocycles. The summed E-state index contributed by atoms with van der Waals surface area (Å²) in [5, 5.41) is 4.28. The quantitative estimate of drug-likeness (QED) is 0.448. The van der Waals surface area contributed by atoms with Gasteiger partial charge in [0.1, 0.15) is 0 Å². The fraction of sp³-hybridized carbons (Fsp3) is 0.417. The molecule has 1 rings (SSSR count). The van der Waals surface area contributed by atoms with E-state index in [0.717, 1.165) is 0 Å². The third kappa shape index (κ3) is 3.27. The predicted molar refractivity (Wildman–Crippen MR) is 65.8 cm³/mol. The van der Waals surface area contributed by atoms with Crippen molar-refractivity contribution in [1.82, 2.24) is 0 Å². The van der Waals surface area contributed by atoms with Crippen LogP contribution in [-0.2, 0) is 4.74 Å². The van der Waals surface area contributed by atoms with Crippen molar-refractivity contribution < 1.29 is 9.53 Å². The van der Waals surface area contributed by atoms with E-state index in [4.69, 9.17) is 4.74 Å². The molecule has 92 valence electrons. The Balaban J connectivity index is 2.87. The molecule has 1 aromatic carbocycles. The van der Waals surface area contributed by atoms with E-state index < -0.39 is 0 Å². The van der Waals surface area contributed by atoms with Gasteiger partial charge in [-0.2, -0.15) is 0 Å². The minimum atomic E-state index is -0.366. The standard InChI is InChI=1S/C12H16N2O3/c1-4-17-12(15)10-5-7-11(8-6-10)14(13-16)9(2)3/h5-9H,4H2,1-3H3. The van der Waals surface area contributed by atoms with Crippen molar-refractivity contribution >= 4 is 11.7 Å². The van der Waals surface area contributed by atoms with Crippen LogP contribution in [0.4, 0.5) is 5.69 Å². The second kappa shape index (κ2) is 5.98. The molecule has 0 heterocycles. The number of nitrogens with zero attached hydrogens (tertiary/aromatic N) is 2. The van der Waals surface area contributed by atoms with Crippen LogP contribution < -0.4 is 5.01 Å². The van der Waals surface area contributed by atoms with Crippen molar-refractivity contribution in [2.75, 3.05) is 11.6 Å². The maximum atomic E-state index is 11.4. The number of carbonyl (C=O) groups is 1. The number of nitroso groups, excluding NO2 is 1. The first kappa shape index (κ1) is 13.2. The van der Waals surface area contributed by atoms with Crippen LogP contribution in [0, 0.1) is 4.91 Å². The summed E-state index contributed by atoms with van der Waals surface area (Å²) in [5.41, 5.74) is 1.12. The zero-order chi connectivity index (χ0) is 12.8. The Hall–Kier alpha value is -1.91. The maximum Gasteiger partial charge on any atom is 0.338 e. The molecule has 0 bridgehead atoms. The minimum absolute atomic E-state index is 0.0269. The number of rotatable bonds is 5. The van der Waals surface area contributed by atoms with Crippen molar-refractivity contribution in [3.8, 4) is 0 Å². The van der Waals surface area contributed by atoms with Gasteiger partial charge in [-0.3, -0.25) is 0 Å². The zero-order valence-corrected chi connectivity index (χ0v) is 10.2. The van der Waals surface area contributed by atoms with Crippen molar-refractivity contribution in [3.05, 3.63) is 34.7 Å². The first-order chi connectivity index (χ1) is 8.10. The predicted octanol–water partition coefficient (Wildman–Crippen LogP) is 2.76. The number of hydrogen-bond donors (Lipinski definition) is 0. The number of hydrogen-bond acceptors (Lipinski definition) is 4. The Kier molecular flexibility index (Phi) is 4.63. The lowest BCUT2D eigenvalue weighted by Crippen LogP contribution is -2.24. The topological polar surface area (TPSA) is 59.0 Å². The van der Waals surface area contributed by atoms with Crippen LogP contribution in [0.2, 0.25) is 0 Å². The molecule has 0 unspecified atom stereocenters. The third-order valence-electron chi connectivity index (χ3n) is 2.22. The number of anilines is 1. The van der Waals surface area contributed by atoms with Gasteiger partial charge < -0.3 is 4.74 Å². The van der Waals surface area contributed by atoms with Crippen LogP contribution in [-0.4, -0.2) is 18.6 Å². The van der Waals surface area contributed by atoms with Crippen LogP contribution in [0.3, 0.4) is 0 Å². The molecular formula is C12H16N2O3. The highest BCUT2D eigenvalue weighted by molar-refractivity contribution is 5.89. The summed E-state index contributed by atoms with van der Waals surface area (Å²) in [6.45, 7) is 5.82. The van der Waals surface area contributed by atoms with Gasteiger partial charge in [-0.05, 0) is 45.0 Å². The van der Waals surface area contributed by atoms with Crippen molar-refractivity contribution in [2.45, 2.75) is 26.8 Å². The summed E-state index contributed by atoms with van der Waals surface area (Å²) >= 11 is 0. The highest BCUT2D eigenvalue weighted by Gasteiger charge is 2.12. The highest BCUT2D eigenvalue weighted by atomic mass is 16.5. The van der Waals surface area contributed by atoms with Gasteiger partial charge in [0.2, 0.25) is 0 Å². The van der Waals surface area contributed by atoms with E-state index in [1.54, 1.807) is 31.2 Å². The van der Waals surface area contributed by atoms with Gasteiger partial charge in [0.15, 0.2) is 0 Å². The number of ether oxygens (including phenoxy) is 1. The summed E-state index contributed by atoms with van der Waals surface area (Å²) in [6.07, 6.45) is 0. The molecule has 0 aliphatic carbocycles. The van der Waals surface area contributed by atoms with Gasteiger partial charge in [-0.15, -0.1) is 4.91 Å². The summed E-state index contributed by atoms with van der Waals surface area (Å²) in [6, 6.07) is 6.56. The Morgan fingerprint density at radius 1 is 1.35 bits per heavy atom. The molecule has 0 fully saturated rings. The minimum Gasteiger partial charge on any atom is -0.462 e. The van der Waals surface area contributed by atoms with Gasteiger partial charge >= 0.3 is 5.97 Å². The number of carbonyl (C=O) groups excluding carboxylic acids is 1. The first-order valence-electron chi connectivity index (χ1n) is 5.49. The van der Waals surface area contributed by atoms with Crippen molar-refractivity contribution in [1.29, 1.82) is 0 Å². The first-order valence-corrected chi connectivity index (χ1v) is 5.49. The van der Waals surface area contributed by atoms with Crippen molar-refractivity contribution in [3.63, 3.8) is 0 Å². The molecule has 1 aromatic rings. The van der Waals surface area contributed by atoms with Crippen LogP contribution in [0.5, 0.6) is 0 Å². The van der Waals surface area contributed by atoms with Crippen molar-refractivity contribution in [2.24, 2.45) is 5.29 Å².